The predicted octanol–water partition coefficient (Wildman–Crippen LogP) is 6.22. The number of alkyl halides is 24. The minimum absolute atomic E-state index is 0. The molecular weight excluding hydrogens is 839 g/mol. The van der Waals surface area contributed by atoms with E-state index in [0.29, 0.717) is 0 Å². The van der Waals surface area contributed by atoms with E-state index in [1.54, 1.807) is 0 Å². The molecule has 0 aliphatic rings. The summed E-state index contributed by atoms with van der Waals surface area (Å²) in [5, 5.41) is -4.10. The van der Waals surface area contributed by atoms with Crippen LogP contribution in [0, 0.1) is 0 Å². The summed E-state index contributed by atoms with van der Waals surface area (Å²) in [7, 11) is -6.56. The standard InChI is InChI=1S/C18H10F24O7S.Na/c19-7(20)11(27,28)15(35,36)17(39,40)13(31,32)9(23,24)2-48-5(43)1-4(50(45,46)47)6(44)49-3-10(25,26)14(33,34)18(41,42)16(37,38)12(29,30)8(21)22;/h4,7-8H,1-3H2,(H,45,46,47);. The number of hydrogen-bond donors (Lipinski definition) is 1. The van der Waals surface area contributed by atoms with Gasteiger partial charge >= 0.3 is 84.0 Å². The average Bonchev–Trinajstić information content (AvgIpc) is 2.91. The summed E-state index contributed by atoms with van der Waals surface area (Å²) in [6, 6.07) is 0. The first kappa shape index (κ1) is 51.3. The molecule has 1 N–H and O–H groups in total. The Labute approximate surface area is 286 Å². The fraction of sp³-hybridized carbons (Fsp3) is 0.889. The fourth-order valence-electron chi connectivity index (χ4n) is 2.67. The predicted molar refractivity (Wildman–Crippen MR) is 109 cm³/mol. The van der Waals surface area contributed by atoms with Gasteiger partial charge in [-0.3, -0.25) is 14.1 Å². The van der Waals surface area contributed by atoms with E-state index >= 15 is 0 Å². The first-order chi connectivity index (χ1) is 21.5. The van der Waals surface area contributed by atoms with E-state index in [1.165, 1.54) is 0 Å². The van der Waals surface area contributed by atoms with Crippen LogP contribution in [0.2, 0.25) is 0 Å². The summed E-state index contributed by atoms with van der Waals surface area (Å²) in [6.07, 6.45) is -14.7. The third kappa shape index (κ3) is 8.78. The van der Waals surface area contributed by atoms with Crippen LogP contribution in [0.25, 0.3) is 0 Å². The SMILES string of the molecule is O=C(CC(C(=O)OCC(F)(F)C(F)(F)C(F)(F)C(F)(F)C(F)(F)C(F)F)S(=O)(=O)O)OCC(F)(F)C(F)(F)C(F)(F)C(F)(F)C(F)(F)C(F)F.[Na]. The molecule has 0 aromatic carbocycles. The normalized spacial score (nSPS) is 15.8. The number of carbonyl (C=O) groups excluding carboxylic acids is 2. The van der Waals surface area contributed by atoms with Gasteiger partial charge in [-0.1, -0.05) is 0 Å². The van der Waals surface area contributed by atoms with Crippen molar-refractivity contribution in [1.29, 1.82) is 0 Å². The van der Waals surface area contributed by atoms with Gasteiger partial charge in [0.05, 0.1) is 6.42 Å². The van der Waals surface area contributed by atoms with Gasteiger partial charge in [-0.15, -0.1) is 0 Å². The molecule has 1 radical (unpaired) electrons. The van der Waals surface area contributed by atoms with Crippen molar-refractivity contribution < 1.29 is 137 Å². The summed E-state index contributed by atoms with van der Waals surface area (Å²) in [6.45, 7) is -7.72. The Morgan fingerprint density at radius 1 is 0.510 bits per heavy atom. The fourth-order valence-corrected chi connectivity index (χ4v) is 3.33. The molecule has 299 valence electrons. The summed E-state index contributed by atoms with van der Waals surface area (Å²) < 4.78 is 352. The van der Waals surface area contributed by atoms with Gasteiger partial charge in [-0.25, -0.2) is 17.6 Å². The summed E-state index contributed by atoms with van der Waals surface area (Å²) in [5.74, 6) is -84.2. The van der Waals surface area contributed by atoms with E-state index in [2.05, 4.69) is 9.47 Å². The van der Waals surface area contributed by atoms with Gasteiger partial charge in [0.1, 0.15) is 0 Å². The molecule has 51 heavy (non-hydrogen) atoms. The molecule has 0 saturated carbocycles. The Kier molecular flexibility index (Phi) is 15.2. The van der Waals surface area contributed by atoms with Crippen molar-refractivity contribution in [2.45, 2.75) is 83.7 Å². The number of carbonyl (C=O) groups is 2. The van der Waals surface area contributed by atoms with Crippen molar-refractivity contribution >= 4 is 51.6 Å². The second-order valence-electron chi connectivity index (χ2n) is 9.18. The third-order valence-electron chi connectivity index (χ3n) is 5.67. The Morgan fingerprint density at radius 2 is 0.784 bits per heavy atom. The van der Waals surface area contributed by atoms with Gasteiger partial charge < -0.3 is 9.47 Å². The molecule has 7 nitrogen and oxygen atoms in total. The second-order valence-corrected chi connectivity index (χ2v) is 10.8. The van der Waals surface area contributed by atoms with Crippen molar-refractivity contribution in [2.75, 3.05) is 13.2 Å². The van der Waals surface area contributed by atoms with Crippen LogP contribution >= 0.6 is 0 Å². The Balaban J connectivity index is 0. The molecule has 1 atom stereocenters. The van der Waals surface area contributed by atoms with Crippen molar-refractivity contribution in [3.63, 3.8) is 0 Å². The van der Waals surface area contributed by atoms with Crippen LogP contribution in [0.3, 0.4) is 0 Å². The second kappa shape index (κ2) is 15.1. The molecule has 0 aliphatic heterocycles. The van der Waals surface area contributed by atoms with Crippen molar-refractivity contribution in [3.05, 3.63) is 0 Å². The molecule has 0 saturated heterocycles. The van der Waals surface area contributed by atoms with E-state index in [1.807, 2.05) is 0 Å². The monoisotopic (exact) mass is 849 g/mol. The first-order valence-electron chi connectivity index (χ1n) is 11.1. The zero-order valence-corrected chi connectivity index (χ0v) is 26.0. The minimum Gasteiger partial charge on any atom is -0.459 e. The molecule has 0 aromatic rings. The van der Waals surface area contributed by atoms with Crippen molar-refractivity contribution in [1.82, 2.24) is 0 Å². The smallest absolute Gasteiger partial charge is 0.384 e. The van der Waals surface area contributed by atoms with Crippen LogP contribution in [0.15, 0.2) is 0 Å². The Morgan fingerprint density at radius 3 is 1.04 bits per heavy atom. The number of esters is 2. The van der Waals surface area contributed by atoms with E-state index in [9.17, 15) is 123 Å². The molecule has 0 bridgehead atoms. The quantitative estimate of drug-likeness (QED) is 0.0756. The maximum Gasteiger partial charge on any atom is 0.384 e. The van der Waals surface area contributed by atoms with E-state index in [0.717, 1.165) is 0 Å². The van der Waals surface area contributed by atoms with Crippen LogP contribution in [0.4, 0.5) is 105 Å². The van der Waals surface area contributed by atoms with Crippen LogP contribution in [0.5, 0.6) is 0 Å². The van der Waals surface area contributed by atoms with Crippen molar-refractivity contribution in [2.24, 2.45) is 0 Å². The number of ether oxygens (including phenoxy) is 2. The van der Waals surface area contributed by atoms with Crippen LogP contribution < -0.4 is 0 Å². The maximum absolute atomic E-state index is 13.7. The number of halogens is 24. The van der Waals surface area contributed by atoms with Crippen LogP contribution in [0.1, 0.15) is 6.42 Å². The molecule has 0 fully saturated rings. The molecule has 0 aliphatic carbocycles. The molecule has 0 heterocycles. The summed E-state index contributed by atoms with van der Waals surface area (Å²) in [5.41, 5.74) is 0. The van der Waals surface area contributed by atoms with Gasteiger partial charge in [0, 0.05) is 29.6 Å². The van der Waals surface area contributed by atoms with Gasteiger partial charge in [0.25, 0.3) is 10.1 Å². The van der Waals surface area contributed by atoms with E-state index in [4.69, 9.17) is 4.55 Å². The maximum atomic E-state index is 13.7. The zero-order valence-electron chi connectivity index (χ0n) is 23.2. The van der Waals surface area contributed by atoms with E-state index < -0.39 is 119 Å². The van der Waals surface area contributed by atoms with E-state index in [-0.39, 0.29) is 29.6 Å². The molecule has 0 spiro atoms. The van der Waals surface area contributed by atoms with Crippen LogP contribution in [-0.4, -0.2) is 145 Å². The van der Waals surface area contributed by atoms with Gasteiger partial charge in [-0.05, 0) is 0 Å². The largest absolute Gasteiger partial charge is 0.459 e. The summed E-state index contributed by atoms with van der Waals surface area (Å²) in [4.78, 5) is 23.2. The molecule has 1 unspecified atom stereocenters. The van der Waals surface area contributed by atoms with Gasteiger partial charge in [-0.2, -0.15) is 96.2 Å². The third-order valence-corrected chi connectivity index (χ3v) is 6.74. The molecule has 0 rings (SSSR count). The molecule has 0 amide bonds. The first-order valence-corrected chi connectivity index (χ1v) is 12.6. The molecular formula is C18H10F24NaO7S. The van der Waals surface area contributed by atoms with Crippen LogP contribution in [-0.2, 0) is 29.2 Å². The summed E-state index contributed by atoms with van der Waals surface area (Å²) >= 11 is 0. The Bertz CT molecular complexity index is 1350. The number of rotatable bonds is 18. The van der Waals surface area contributed by atoms with Gasteiger partial charge in [0.2, 0.25) is 0 Å². The average molecular weight is 849 g/mol. The molecule has 0 aromatic heterocycles. The number of hydrogen-bond acceptors (Lipinski definition) is 6. The molecule has 33 heteroatoms. The topological polar surface area (TPSA) is 107 Å². The Hall–Kier alpha value is -1.83. The van der Waals surface area contributed by atoms with Crippen molar-refractivity contribution in [3.8, 4) is 0 Å². The minimum atomic E-state index is -8.23. The van der Waals surface area contributed by atoms with Gasteiger partial charge in [0.15, 0.2) is 18.5 Å². The zero-order chi connectivity index (χ0) is 40.9.